The number of para-hydroxylation sites is 8. The largest absolute Gasteiger partial charge is 0.416 e. The fourth-order valence-corrected chi connectivity index (χ4v) is 18.4. The number of aromatic nitrogens is 6. The molecule has 0 aliphatic heterocycles. The highest BCUT2D eigenvalue weighted by molar-refractivity contribution is 6.19. The van der Waals surface area contributed by atoms with E-state index < -0.39 is 35.2 Å². The average molecular weight is 1530 g/mol. The van der Waals surface area contributed by atoms with E-state index in [9.17, 15) is 5.26 Å². The number of alkyl halides is 9. The van der Waals surface area contributed by atoms with Crippen LogP contribution in [0.1, 0.15) is 22.3 Å². The van der Waals surface area contributed by atoms with Crippen molar-refractivity contribution in [3.05, 3.63) is 362 Å². The third-order valence-corrected chi connectivity index (χ3v) is 23.3. The van der Waals surface area contributed by atoms with Crippen molar-refractivity contribution >= 4 is 131 Å². The molecule has 554 valence electrons. The van der Waals surface area contributed by atoms with Crippen molar-refractivity contribution in [2.75, 3.05) is 0 Å². The minimum atomic E-state index is -4.87. The van der Waals surface area contributed by atoms with Gasteiger partial charge in [0, 0.05) is 104 Å². The molecule has 0 N–H and O–H groups in total. The summed E-state index contributed by atoms with van der Waals surface area (Å²) < 4.78 is 151. The second-order valence-electron chi connectivity index (χ2n) is 29.5. The highest BCUT2D eigenvalue weighted by Gasteiger charge is 2.38. The molecule has 7 nitrogen and oxygen atoms in total. The Bertz CT molecular complexity index is 6980. The number of rotatable bonds is 9. The van der Waals surface area contributed by atoms with Gasteiger partial charge < -0.3 is 27.4 Å². The van der Waals surface area contributed by atoms with Gasteiger partial charge in [0.05, 0.1) is 99.8 Å². The molecule has 22 aromatic rings. The third-order valence-electron chi connectivity index (χ3n) is 23.3. The van der Waals surface area contributed by atoms with Gasteiger partial charge >= 0.3 is 18.5 Å². The van der Waals surface area contributed by atoms with Crippen LogP contribution in [-0.4, -0.2) is 27.4 Å². The Hall–Kier alpha value is -14.8. The fraction of sp³-hybridized carbons (Fsp3) is 0.0300. The van der Waals surface area contributed by atoms with E-state index in [2.05, 4.69) is 146 Å². The molecule has 22 rings (SSSR count). The summed E-state index contributed by atoms with van der Waals surface area (Å²) in [5.41, 5.74) is 9.96. The standard InChI is InChI=1S/C100H56F9N7/c101-98(102,103)61-39-33-58(34-40-61)93-80(57-110)94(59-35-41-62(42-36-59)99(104,105)106)97(116-91-51-47-66(113-85-29-13-5-21-72(85)73-22-6-14-30-86(73)113)55-78(91)79-56-67(48-52-92(79)116)114-87-31-15-7-23-74(87)75-24-8-16-32-88(75)114)95(60-37-43-63(44-38-60)100(107,108)109)96(93)115-89-49-45-64(111-81-25-9-1-17-68(81)69-18-2-10-26-82(69)111)53-76(89)77-54-65(46-50-90(77)115)112-83-27-11-3-19-70(83)71-20-4-12-28-84(71)112/h1-56H. The maximum atomic E-state index is 15.5. The quantitative estimate of drug-likeness (QED) is 0.133. The van der Waals surface area contributed by atoms with E-state index in [-0.39, 0.29) is 50.3 Å². The number of nitrogens with zero attached hydrogens (tertiary/aromatic N) is 7. The van der Waals surface area contributed by atoms with Crippen molar-refractivity contribution in [2.24, 2.45) is 0 Å². The molecular weight excluding hydrogens is 1470 g/mol. The molecular formula is C100H56F9N7. The van der Waals surface area contributed by atoms with E-state index in [0.717, 1.165) is 146 Å². The molecule has 0 amide bonds. The Morgan fingerprint density at radius 3 is 0.586 bits per heavy atom. The fourth-order valence-electron chi connectivity index (χ4n) is 18.4. The molecule has 116 heavy (non-hydrogen) atoms. The van der Waals surface area contributed by atoms with Gasteiger partial charge in [0.2, 0.25) is 0 Å². The van der Waals surface area contributed by atoms with Crippen LogP contribution in [0, 0.1) is 11.3 Å². The molecule has 0 saturated carbocycles. The van der Waals surface area contributed by atoms with E-state index in [1.807, 2.05) is 155 Å². The van der Waals surface area contributed by atoms with Crippen molar-refractivity contribution in [3.8, 4) is 73.6 Å². The molecule has 0 aliphatic rings. The van der Waals surface area contributed by atoms with Gasteiger partial charge in [-0.05, 0) is 174 Å². The first-order chi connectivity index (χ1) is 56.4. The van der Waals surface area contributed by atoms with Crippen molar-refractivity contribution in [1.82, 2.24) is 27.4 Å². The number of halogens is 9. The van der Waals surface area contributed by atoms with E-state index in [0.29, 0.717) is 43.6 Å². The van der Waals surface area contributed by atoms with Crippen LogP contribution in [-0.2, 0) is 18.5 Å². The summed E-state index contributed by atoms with van der Waals surface area (Å²) in [4.78, 5) is 0. The molecule has 0 fully saturated rings. The van der Waals surface area contributed by atoms with Crippen LogP contribution in [0.4, 0.5) is 39.5 Å². The molecule has 0 atom stereocenters. The first kappa shape index (κ1) is 68.0. The Balaban J connectivity index is 0.950. The molecule has 16 aromatic carbocycles. The summed E-state index contributed by atoms with van der Waals surface area (Å²) in [5.74, 6) is 0. The number of nitriles is 1. The normalized spacial score (nSPS) is 12.5. The van der Waals surface area contributed by atoms with Gasteiger partial charge in [-0.3, -0.25) is 0 Å². The summed E-state index contributed by atoms with van der Waals surface area (Å²) in [6, 6.07) is 105. The lowest BCUT2D eigenvalue weighted by molar-refractivity contribution is -0.138. The number of hydrogen-bond acceptors (Lipinski definition) is 1. The van der Waals surface area contributed by atoms with Gasteiger partial charge in [0.25, 0.3) is 0 Å². The minimum absolute atomic E-state index is 0.0228. The molecule has 0 spiro atoms. The number of hydrogen-bond donors (Lipinski definition) is 0. The Morgan fingerprint density at radius 2 is 0.388 bits per heavy atom. The van der Waals surface area contributed by atoms with Crippen LogP contribution < -0.4 is 0 Å². The van der Waals surface area contributed by atoms with Crippen LogP contribution in [0.2, 0.25) is 0 Å². The van der Waals surface area contributed by atoms with E-state index in [4.69, 9.17) is 0 Å². The second-order valence-corrected chi connectivity index (χ2v) is 29.5. The zero-order chi connectivity index (χ0) is 78.4. The van der Waals surface area contributed by atoms with E-state index >= 15 is 39.5 Å². The maximum absolute atomic E-state index is 15.5. The van der Waals surface area contributed by atoms with Gasteiger partial charge in [-0.2, -0.15) is 44.8 Å². The molecule has 16 heteroatoms. The predicted molar refractivity (Wildman–Crippen MR) is 449 cm³/mol. The summed E-state index contributed by atoms with van der Waals surface area (Å²) in [6.07, 6.45) is -14.6. The Kier molecular flexibility index (Phi) is 14.7. The SMILES string of the molecule is N#Cc1c(-c2ccc(C(F)(F)F)cc2)c(-n2c3ccc(-n4c5ccccc5c5ccccc54)cc3c3cc(-n4c5ccccc5c5ccccc54)ccc32)c(-c2ccc(C(F)(F)F)cc2)c(-n2c3ccc(-n4c5ccccc5c5ccccc54)cc3c3cc(-n4c5ccccc5c5ccccc54)ccc32)c1-c1ccc(C(F)(F)F)cc1. The summed E-state index contributed by atoms with van der Waals surface area (Å²) in [7, 11) is 0. The lowest BCUT2D eigenvalue weighted by Crippen LogP contribution is -2.12. The first-order valence-electron chi connectivity index (χ1n) is 37.7. The summed E-state index contributed by atoms with van der Waals surface area (Å²) in [5, 5.41) is 23.5. The minimum Gasteiger partial charge on any atom is -0.309 e. The smallest absolute Gasteiger partial charge is 0.309 e. The molecule has 0 saturated heterocycles. The van der Waals surface area contributed by atoms with Crippen LogP contribution in [0.25, 0.3) is 198 Å². The number of fused-ring (bicyclic) bond motifs is 18. The summed E-state index contributed by atoms with van der Waals surface area (Å²) in [6.45, 7) is 0. The Morgan fingerprint density at radius 1 is 0.198 bits per heavy atom. The third kappa shape index (κ3) is 10.1. The zero-order valence-electron chi connectivity index (χ0n) is 60.9. The maximum Gasteiger partial charge on any atom is 0.416 e. The first-order valence-corrected chi connectivity index (χ1v) is 37.7. The van der Waals surface area contributed by atoms with E-state index in [1.54, 1.807) is 0 Å². The van der Waals surface area contributed by atoms with Crippen molar-refractivity contribution in [1.29, 1.82) is 5.26 Å². The summed E-state index contributed by atoms with van der Waals surface area (Å²) >= 11 is 0. The van der Waals surface area contributed by atoms with Gasteiger partial charge in [0.1, 0.15) is 6.07 Å². The molecule has 6 heterocycles. The van der Waals surface area contributed by atoms with E-state index in [1.165, 1.54) is 36.4 Å². The van der Waals surface area contributed by atoms with Crippen LogP contribution in [0.3, 0.4) is 0 Å². The lowest BCUT2D eigenvalue weighted by atomic mass is 9.83. The highest BCUT2D eigenvalue weighted by Crippen LogP contribution is 2.55. The van der Waals surface area contributed by atoms with Gasteiger partial charge in [-0.1, -0.05) is 182 Å². The highest BCUT2D eigenvalue weighted by atomic mass is 19.4. The topological polar surface area (TPSA) is 53.4 Å². The molecule has 0 aliphatic carbocycles. The van der Waals surface area contributed by atoms with Gasteiger partial charge in [0.15, 0.2) is 0 Å². The monoisotopic (exact) mass is 1530 g/mol. The zero-order valence-corrected chi connectivity index (χ0v) is 60.9. The Labute approximate surface area is 653 Å². The van der Waals surface area contributed by atoms with Crippen LogP contribution in [0.5, 0.6) is 0 Å². The molecule has 0 bridgehead atoms. The lowest BCUT2D eigenvalue weighted by Gasteiger charge is -2.28. The average Bonchev–Trinajstić information content (AvgIpc) is 1.48. The number of benzene rings is 16. The van der Waals surface area contributed by atoms with Crippen LogP contribution >= 0.6 is 0 Å². The van der Waals surface area contributed by atoms with Gasteiger partial charge in [-0.15, -0.1) is 0 Å². The molecule has 0 unspecified atom stereocenters. The van der Waals surface area contributed by atoms with Gasteiger partial charge in [-0.25, -0.2) is 0 Å². The second kappa shape index (κ2) is 25.1. The predicted octanol–water partition coefficient (Wildman–Crippen LogP) is 28.2. The van der Waals surface area contributed by atoms with Crippen molar-refractivity contribution < 1.29 is 39.5 Å². The molecule has 6 aromatic heterocycles. The molecule has 0 radical (unpaired) electrons. The van der Waals surface area contributed by atoms with Crippen LogP contribution in [0.15, 0.2) is 340 Å². The van der Waals surface area contributed by atoms with Crippen molar-refractivity contribution in [3.63, 3.8) is 0 Å². The van der Waals surface area contributed by atoms with Crippen molar-refractivity contribution in [2.45, 2.75) is 18.5 Å².